The fourth-order valence-corrected chi connectivity index (χ4v) is 7.15. The number of hydrogen-bond donors (Lipinski definition) is 0. The molecule has 6 rings (SSSR count). The summed E-state index contributed by atoms with van der Waals surface area (Å²) in [5.74, 6) is 0.423. The van der Waals surface area contributed by atoms with Crippen molar-refractivity contribution in [3.8, 4) is 0 Å². The summed E-state index contributed by atoms with van der Waals surface area (Å²) in [5, 5.41) is 4.67. The van der Waals surface area contributed by atoms with Crippen LogP contribution in [-0.4, -0.2) is 14.8 Å². The molecule has 0 aliphatic heterocycles. The smallest absolute Gasteiger partial charge is 0.267 e. The van der Waals surface area contributed by atoms with Crippen LogP contribution in [0, 0.1) is 18.7 Å². The second kappa shape index (κ2) is 9.31. The lowest BCUT2D eigenvalue weighted by Crippen LogP contribution is -2.53. The van der Waals surface area contributed by atoms with Gasteiger partial charge in [0.15, 0.2) is 0 Å². The number of benzene rings is 1. The highest BCUT2D eigenvalue weighted by molar-refractivity contribution is 5.34. The normalized spacial score (nSPS) is 26.8. The van der Waals surface area contributed by atoms with Gasteiger partial charge in [-0.1, -0.05) is 12.1 Å². The van der Waals surface area contributed by atoms with E-state index in [2.05, 4.69) is 10.1 Å². The molecular formula is C30H31F4N3O. The zero-order valence-corrected chi connectivity index (χ0v) is 21.4. The number of alkyl halides is 3. The molecule has 1 aromatic carbocycles. The Morgan fingerprint density at radius 3 is 2.32 bits per heavy atom. The van der Waals surface area contributed by atoms with Crippen molar-refractivity contribution in [2.45, 2.75) is 88.3 Å². The van der Waals surface area contributed by atoms with Gasteiger partial charge in [0.05, 0.1) is 23.5 Å². The van der Waals surface area contributed by atoms with Gasteiger partial charge in [-0.15, -0.1) is 0 Å². The Hall–Kier alpha value is -3.03. The Morgan fingerprint density at radius 2 is 1.71 bits per heavy atom. The molecule has 2 aromatic heterocycles. The minimum absolute atomic E-state index is 0.0281. The van der Waals surface area contributed by atoms with Crippen molar-refractivity contribution >= 4 is 0 Å². The fourth-order valence-electron chi connectivity index (χ4n) is 7.15. The molecule has 0 radical (unpaired) electrons. The number of halogens is 4. The van der Waals surface area contributed by atoms with E-state index < -0.39 is 11.7 Å². The molecule has 3 saturated carbocycles. The predicted molar refractivity (Wildman–Crippen MR) is 136 cm³/mol. The van der Waals surface area contributed by atoms with E-state index in [0.717, 1.165) is 74.3 Å². The zero-order valence-electron chi connectivity index (χ0n) is 21.4. The van der Waals surface area contributed by atoms with Crippen LogP contribution >= 0.6 is 0 Å². The maximum absolute atomic E-state index is 14.6. The van der Waals surface area contributed by atoms with Gasteiger partial charge in [-0.25, -0.2) is 9.07 Å². The van der Waals surface area contributed by atoms with E-state index in [1.54, 1.807) is 6.07 Å². The topological polar surface area (TPSA) is 47.8 Å². The standard InChI is InChI=1S/C30H31F4N3O/c1-18-4-2-6-24(31)27(18)20-9-7-19(8-10-20)22-16-26(29-13-11-21(29)12-14-29)36-37(28(22)38)17-25-23(30(32,33)34)5-3-15-35-25/h2-6,15-16,19-21H,7-14,17H2,1H3. The molecule has 3 aliphatic rings. The van der Waals surface area contributed by atoms with Crippen molar-refractivity contribution < 1.29 is 17.6 Å². The van der Waals surface area contributed by atoms with Gasteiger partial charge < -0.3 is 0 Å². The molecule has 4 nitrogen and oxygen atoms in total. The number of pyridine rings is 1. The average molecular weight is 526 g/mol. The van der Waals surface area contributed by atoms with Gasteiger partial charge in [0, 0.05) is 17.2 Å². The summed E-state index contributed by atoms with van der Waals surface area (Å²) in [4.78, 5) is 17.7. The van der Waals surface area contributed by atoms with Crippen LogP contribution in [-0.2, 0) is 18.1 Å². The van der Waals surface area contributed by atoms with Gasteiger partial charge >= 0.3 is 6.18 Å². The zero-order chi connectivity index (χ0) is 26.7. The first kappa shape index (κ1) is 25.3. The number of aryl methyl sites for hydroxylation is 1. The summed E-state index contributed by atoms with van der Waals surface area (Å²) in [6.45, 7) is 1.61. The Balaban J connectivity index is 1.34. The largest absolute Gasteiger partial charge is 0.418 e. The van der Waals surface area contributed by atoms with Gasteiger partial charge in [0.25, 0.3) is 5.56 Å². The quantitative estimate of drug-likeness (QED) is 0.336. The molecule has 0 amide bonds. The van der Waals surface area contributed by atoms with E-state index in [4.69, 9.17) is 0 Å². The maximum atomic E-state index is 14.6. The van der Waals surface area contributed by atoms with Crippen LogP contribution in [0.4, 0.5) is 17.6 Å². The highest BCUT2D eigenvalue weighted by Crippen LogP contribution is 2.61. The van der Waals surface area contributed by atoms with Gasteiger partial charge in [0.1, 0.15) is 5.82 Å². The minimum atomic E-state index is -4.57. The second-order valence-corrected chi connectivity index (χ2v) is 11.4. The van der Waals surface area contributed by atoms with E-state index >= 15 is 0 Å². The SMILES string of the molecule is Cc1cccc(F)c1C1CCC(c2cc(C34CCC3CC4)nn(Cc3ncccc3C(F)(F)F)c2=O)CC1. The average Bonchev–Trinajstić information content (AvgIpc) is 2.87. The summed E-state index contributed by atoms with van der Waals surface area (Å²) >= 11 is 0. The molecule has 0 atom stereocenters. The number of rotatable bonds is 5. The Kier molecular flexibility index (Phi) is 6.19. The lowest BCUT2D eigenvalue weighted by atomic mass is 9.46. The first-order valence-corrected chi connectivity index (χ1v) is 13.6. The van der Waals surface area contributed by atoms with E-state index in [0.29, 0.717) is 11.5 Å². The van der Waals surface area contributed by atoms with Crippen LogP contribution in [0.15, 0.2) is 47.4 Å². The van der Waals surface area contributed by atoms with Crippen molar-refractivity contribution in [2.24, 2.45) is 5.92 Å². The maximum Gasteiger partial charge on any atom is 0.418 e. The monoisotopic (exact) mass is 525 g/mol. The third kappa shape index (κ3) is 4.16. The van der Waals surface area contributed by atoms with Crippen molar-refractivity contribution in [1.29, 1.82) is 0 Å². The van der Waals surface area contributed by atoms with Gasteiger partial charge in [-0.2, -0.15) is 18.3 Å². The highest BCUT2D eigenvalue weighted by Gasteiger charge is 2.56. The molecule has 0 saturated heterocycles. The fraction of sp³-hybridized carbons (Fsp3) is 0.500. The summed E-state index contributed by atoms with van der Waals surface area (Å²) in [6, 6.07) is 9.36. The third-order valence-electron chi connectivity index (χ3n) is 9.51. The van der Waals surface area contributed by atoms with E-state index in [9.17, 15) is 22.4 Å². The summed E-state index contributed by atoms with van der Waals surface area (Å²) in [7, 11) is 0. The molecule has 2 heterocycles. The lowest BCUT2D eigenvalue weighted by Gasteiger charge is -2.58. The van der Waals surface area contributed by atoms with Crippen molar-refractivity contribution in [1.82, 2.24) is 14.8 Å². The van der Waals surface area contributed by atoms with Crippen molar-refractivity contribution in [3.63, 3.8) is 0 Å². The molecule has 3 aromatic rings. The van der Waals surface area contributed by atoms with Crippen LogP contribution in [0.25, 0.3) is 0 Å². The van der Waals surface area contributed by atoms with Crippen LogP contribution in [0.3, 0.4) is 0 Å². The number of aromatic nitrogens is 3. The highest BCUT2D eigenvalue weighted by atomic mass is 19.4. The first-order chi connectivity index (χ1) is 18.2. The van der Waals surface area contributed by atoms with E-state index in [-0.39, 0.29) is 40.9 Å². The van der Waals surface area contributed by atoms with Crippen molar-refractivity contribution in [2.75, 3.05) is 0 Å². The lowest BCUT2D eigenvalue weighted by molar-refractivity contribution is -0.138. The van der Waals surface area contributed by atoms with Gasteiger partial charge in [0.2, 0.25) is 0 Å². The molecule has 38 heavy (non-hydrogen) atoms. The molecule has 200 valence electrons. The summed E-state index contributed by atoms with van der Waals surface area (Å²) in [5.41, 5.74) is 1.74. The van der Waals surface area contributed by atoms with E-state index in [1.807, 2.05) is 19.1 Å². The van der Waals surface area contributed by atoms with Crippen LogP contribution in [0.5, 0.6) is 0 Å². The molecule has 0 N–H and O–H groups in total. The second-order valence-electron chi connectivity index (χ2n) is 11.4. The van der Waals surface area contributed by atoms with Crippen LogP contribution < -0.4 is 5.56 Å². The molecule has 3 aliphatic carbocycles. The first-order valence-electron chi connectivity index (χ1n) is 13.6. The van der Waals surface area contributed by atoms with Gasteiger partial charge in [-0.05, 0) is 111 Å². The summed E-state index contributed by atoms with van der Waals surface area (Å²) < 4.78 is 56.9. The Labute approximate surface area is 219 Å². The van der Waals surface area contributed by atoms with E-state index in [1.165, 1.54) is 23.0 Å². The van der Waals surface area contributed by atoms with Crippen LogP contribution in [0.2, 0.25) is 0 Å². The Bertz CT molecular complexity index is 1390. The molecule has 0 spiro atoms. The number of nitrogens with zero attached hydrogens (tertiary/aromatic N) is 3. The summed E-state index contributed by atoms with van der Waals surface area (Å²) in [6.07, 6.45) is 3.98. The minimum Gasteiger partial charge on any atom is -0.267 e. The van der Waals surface area contributed by atoms with Crippen LogP contribution in [0.1, 0.15) is 96.8 Å². The molecular weight excluding hydrogens is 494 g/mol. The number of hydrogen-bond acceptors (Lipinski definition) is 3. The molecule has 8 heteroatoms. The van der Waals surface area contributed by atoms with Crippen molar-refractivity contribution in [3.05, 3.63) is 92.4 Å². The Morgan fingerprint density at radius 1 is 1.00 bits per heavy atom. The molecule has 0 bridgehead atoms. The number of fused-ring (bicyclic) bond motifs is 1. The molecule has 3 fully saturated rings. The predicted octanol–water partition coefficient (Wildman–Crippen LogP) is 7.04. The third-order valence-corrected chi connectivity index (χ3v) is 9.51. The molecule has 0 unspecified atom stereocenters. The van der Waals surface area contributed by atoms with Gasteiger partial charge in [-0.3, -0.25) is 9.78 Å².